The predicted molar refractivity (Wildman–Crippen MR) is 133 cm³/mol. The Kier molecular flexibility index (Phi) is 5.93. The first kappa shape index (κ1) is 22.7. The van der Waals surface area contributed by atoms with E-state index in [2.05, 4.69) is 21.4 Å². The number of aromatic nitrogens is 2. The van der Waals surface area contributed by atoms with Gasteiger partial charge in [-0.25, -0.2) is 9.69 Å². The maximum Gasteiger partial charge on any atom is 0.286 e. The molecule has 0 aliphatic carbocycles. The fourth-order valence-corrected chi connectivity index (χ4v) is 5.36. The Balaban J connectivity index is 1.72. The van der Waals surface area contributed by atoms with Crippen LogP contribution in [0, 0.1) is 0 Å². The Labute approximate surface area is 210 Å². The van der Waals surface area contributed by atoms with Crippen LogP contribution < -0.4 is 10.2 Å². The Morgan fingerprint density at radius 3 is 2.61 bits per heavy atom. The lowest BCUT2D eigenvalue weighted by molar-refractivity contribution is 0.0720. The number of nitrogens with zero attached hydrogens (tertiary/aromatic N) is 3. The highest BCUT2D eigenvalue weighted by molar-refractivity contribution is 9.10. The van der Waals surface area contributed by atoms with Gasteiger partial charge in [0.15, 0.2) is 5.69 Å². The van der Waals surface area contributed by atoms with E-state index in [1.54, 1.807) is 16.8 Å². The van der Waals surface area contributed by atoms with Gasteiger partial charge in [0.25, 0.3) is 5.91 Å². The summed E-state index contributed by atoms with van der Waals surface area (Å²) in [6, 6.07) is 11.1. The molecule has 5 rings (SSSR count). The highest BCUT2D eigenvalue weighted by Crippen LogP contribution is 2.48. The molecule has 0 saturated carbocycles. The van der Waals surface area contributed by atoms with Crippen molar-refractivity contribution in [1.82, 2.24) is 20.2 Å². The summed E-state index contributed by atoms with van der Waals surface area (Å²) in [6.45, 7) is 5.55. The number of hydrazine groups is 1. The molecule has 1 aromatic heterocycles. The van der Waals surface area contributed by atoms with Crippen molar-refractivity contribution in [1.29, 1.82) is 0 Å². The number of piperidine rings is 1. The number of ether oxygens (including phenoxy) is 1. The number of carbonyl (C=O) groups excluding carboxylic acids is 1. The molecule has 0 atom stereocenters. The zero-order valence-electron chi connectivity index (χ0n) is 18.3. The largest absolute Gasteiger partial charge is 0.482 e. The lowest BCUT2D eigenvalue weighted by Gasteiger charge is -2.34. The molecule has 6 nitrogen and oxygen atoms in total. The molecule has 3 heterocycles. The van der Waals surface area contributed by atoms with Gasteiger partial charge < -0.3 is 4.74 Å². The molecule has 0 unspecified atom stereocenters. The molecule has 3 aromatic rings. The average molecular weight is 550 g/mol. The van der Waals surface area contributed by atoms with Gasteiger partial charge in [0.2, 0.25) is 0 Å². The molecule has 2 aliphatic heterocycles. The van der Waals surface area contributed by atoms with Gasteiger partial charge in [0.1, 0.15) is 11.4 Å². The molecule has 172 valence electrons. The van der Waals surface area contributed by atoms with Crippen molar-refractivity contribution in [2.45, 2.75) is 38.7 Å². The zero-order chi connectivity index (χ0) is 23.3. The zero-order valence-corrected chi connectivity index (χ0v) is 21.4. The van der Waals surface area contributed by atoms with Gasteiger partial charge >= 0.3 is 0 Å². The summed E-state index contributed by atoms with van der Waals surface area (Å²) < 4.78 is 9.01. The van der Waals surface area contributed by atoms with Crippen LogP contribution in [0.25, 0.3) is 16.9 Å². The van der Waals surface area contributed by atoms with E-state index in [4.69, 9.17) is 33.0 Å². The summed E-state index contributed by atoms with van der Waals surface area (Å²) in [4.78, 5) is 13.5. The Morgan fingerprint density at radius 1 is 1.12 bits per heavy atom. The molecule has 2 aliphatic rings. The fourth-order valence-electron chi connectivity index (χ4n) is 4.53. The number of hydrogen-bond donors (Lipinski definition) is 1. The normalized spacial score (nSPS) is 17.1. The van der Waals surface area contributed by atoms with E-state index in [0.717, 1.165) is 47.2 Å². The second-order valence-corrected chi connectivity index (χ2v) is 10.6. The van der Waals surface area contributed by atoms with E-state index in [9.17, 15) is 4.79 Å². The summed E-state index contributed by atoms with van der Waals surface area (Å²) >= 11 is 16.3. The third-order valence-corrected chi connectivity index (χ3v) is 7.05. The van der Waals surface area contributed by atoms with Crippen molar-refractivity contribution in [3.05, 3.63) is 62.2 Å². The van der Waals surface area contributed by atoms with Crippen LogP contribution in [0.15, 0.2) is 40.9 Å². The lowest BCUT2D eigenvalue weighted by atomic mass is 9.89. The van der Waals surface area contributed by atoms with Crippen LogP contribution in [0.3, 0.4) is 0 Å². The van der Waals surface area contributed by atoms with Crippen LogP contribution in [0.2, 0.25) is 10.0 Å². The number of benzene rings is 2. The van der Waals surface area contributed by atoms with Gasteiger partial charge in [0.05, 0.1) is 22.0 Å². The Hall–Kier alpha value is -2.06. The quantitative estimate of drug-likeness (QED) is 0.412. The molecule has 1 saturated heterocycles. The van der Waals surface area contributed by atoms with Crippen molar-refractivity contribution >= 4 is 45.0 Å². The SMILES string of the molecule is CC1(C)Oc2cc(Br)ccc2-c2c1c(C(=O)NN1CCCCC1)nn2-c1ccc(Cl)cc1Cl. The third kappa shape index (κ3) is 4.16. The molecule has 1 N–H and O–H groups in total. The second kappa shape index (κ2) is 8.62. The first-order valence-electron chi connectivity index (χ1n) is 10.9. The van der Waals surface area contributed by atoms with E-state index in [1.165, 1.54) is 6.42 Å². The van der Waals surface area contributed by atoms with E-state index >= 15 is 0 Å². The average Bonchev–Trinajstić information content (AvgIpc) is 3.16. The third-order valence-electron chi connectivity index (χ3n) is 6.02. The van der Waals surface area contributed by atoms with Crippen LogP contribution in [0.4, 0.5) is 0 Å². The lowest BCUT2D eigenvalue weighted by Crippen LogP contribution is -2.46. The highest BCUT2D eigenvalue weighted by atomic mass is 79.9. The number of rotatable bonds is 3. The second-order valence-electron chi connectivity index (χ2n) is 8.82. The van der Waals surface area contributed by atoms with Gasteiger partial charge in [0, 0.05) is 28.1 Å². The minimum atomic E-state index is -0.797. The number of halogens is 3. The van der Waals surface area contributed by atoms with Crippen molar-refractivity contribution < 1.29 is 9.53 Å². The van der Waals surface area contributed by atoms with E-state index in [0.29, 0.717) is 27.2 Å². The van der Waals surface area contributed by atoms with Crippen molar-refractivity contribution in [3.63, 3.8) is 0 Å². The van der Waals surface area contributed by atoms with Crippen LogP contribution in [-0.2, 0) is 5.60 Å². The van der Waals surface area contributed by atoms with Crippen LogP contribution in [-0.4, -0.2) is 33.8 Å². The molecule has 0 spiro atoms. The fraction of sp³-hybridized carbons (Fsp3) is 0.333. The van der Waals surface area contributed by atoms with Crippen molar-refractivity contribution in [3.8, 4) is 22.7 Å². The number of hydrogen-bond acceptors (Lipinski definition) is 4. The molecule has 33 heavy (non-hydrogen) atoms. The van der Waals surface area contributed by atoms with Crippen LogP contribution in [0.1, 0.15) is 49.2 Å². The molecule has 0 radical (unpaired) electrons. The Bertz CT molecular complexity index is 1250. The molecule has 1 fully saturated rings. The summed E-state index contributed by atoms with van der Waals surface area (Å²) in [7, 11) is 0. The van der Waals surface area contributed by atoms with E-state index in [1.807, 2.05) is 43.1 Å². The molecular weight excluding hydrogens is 527 g/mol. The molecule has 0 bridgehead atoms. The minimum Gasteiger partial charge on any atom is -0.482 e. The van der Waals surface area contributed by atoms with Crippen LogP contribution in [0.5, 0.6) is 5.75 Å². The number of fused-ring (bicyclic) bond motifs is 3. The maximum absolute atomic E-state index is 13.5. The first-order chi connectivity index (χ1) is 15.7. The number of nitrogens with one attached hydrogen (secondary N) is 1. The maximum atomic E-state index is 13.5. The summed E-state index contributed by atoms with van der Waals surface area (Å²) in [6.07, 6.45) is 3.30. The Morgan fingerprint density at radius 2 is 1.88 bits per heavy atom. The van der Waals surface area contributed by atoms with Crippen molar-refractivity contribution in [2.75, 3.05) is 13.1 Å². The van der Waals surface area contributed by atoms with Gasteiger partial charge in [-0.2, -0.15) is 5.10 Å². The summed E-state index contributed by atoms with van der Waals surface area (Å²) in [5.41, 5.74) is 5.54. The first-order valence-corrected chi connectivity index (χ1v) is 12.4. The number of amides is 1. The highest BCUT2D eigenvalue weighted by Gasteiger charge is 2.41. The minimum absolute atomic E-state index is 0.255. The molecule has 2 aromatic carbocycles. The molecule has 1 amide bonds. The van der Waals surface area contributed by atoms with Crippen molar-refractivity contribution in [2.24, 2.45) is 0 Å². The van der Waals surface area contributed by atoms with Gasteiger partial charge in [-0.05, 0) is 63.1 Å². The molecule has 9 heteroatoms. The van der Waals surface area contributed by atoms with E-state index < -0.39 is 5.60 Å². The van der Waals surface area contributed by atoms with Gasteiger partial charge in [-0.15, -0.1) is 0 Å². The van der Waals surface area contributed by atoms with Gasteiger partial charge in [-0.3, -0.25) is 10.2 Å². The summed E-state index contributed by atoms with van der Waals surface area (Å²) in [5.74, 6) is 0.449. The summed E-state index contributed by atoms with van der Waals surface area (Å²) in [5, 5.41) is 7.73. The smallest absolute Gasteiger partial charge is 0.286 e. The van der Waals surface area contributed by atoms with E-state index in [-0.39, 0.29) is 5.91 Å². The number of carbonyl (C=O) groups is 1. The topological polar surface area (TPSA) is 59.4 Å². The predicted octanol–water partition coefficient (Wildman–Crippen LogP) is 6.37. The standard InChI is InChI=1S/C24H23BrCl2N4O2/c1-24(2)20-21(23(32)29-30-10-4-3-5-11-30)28-31(18-9-7-15(26)13-17(18)27)22(20)16-8-6-14(25)12-19(16)33-24/h6-9,12-13H,3-5,10-11H2,1-2H3,(H,29,32). The monoisotopic (exact) mass is 548 g/mol. The van der Waals surface area contributed by atoms with Gasteiger partial charge in [-0.1, -0.05) is 45.6 Å². The van der Waals surface area contributed by atoms with Crippen LogP contribution >= 0.6 is 39.1 Å². The molecular formula is C24H23BrCl2N4O2.